The fourth-order valence-corrected chi connectivity index (χ4v) is 5.22. The first-order valence-electron chi connectivity index (χ1n) is 9.30. The summed E-state index contributed by atoms with van der Waals surface area (Å²) < 4.78 is 6.47. The Balaban J connectivity index is 1.64. The van der Waals surface area contributed by atoms with Gasteiger partial charge in [-0.1, -0.05) is 42.5 Å². The zero-order valence-electron chi connectivity index (χ0n) is 15.0. The highest BCUT2D eigenvalue weighted by Crippen LogP contribution is 2.48. The van der Waals surface area contributed by atoms with E-state index < -0.39 is 0 Å². The third-order valence-corrected chi connectivity index (χ3v) is 6.76. The summed E-state index contributed by atoms with van der Waals surface area (Å²) >= 11 is 2.33. The average molecular weight is 461 g/mol. The van der Waals surface area contributed by atoms with Gasteiger partial charge in [0.05, 0.1) is 13.0 Å². The Kier molecular flexibility index (Phi) is 5.32. The summed E-state index contributed by atoms with van der Waals surface area (Å²) in [5, 5.41) is 0. The standard InChI is InChI=1S/C22H24INO2/c1-26-22(25)21-19(16-7-9-17(23)10-8-16)13-18-11-12-20(21)24(18)14-15-5-3-2-4-6-15/h2-10,18-21H,11-14H2,1H3/t18-,19+,20+,21-/m0/s1. The molecule has 0 saturated carbocycles. The van der Waals surface area contributed by atoms with Crippen molar-refractivity contribution < 1.29 is 9.53 Å². The number of hydrogen-bond acceptors (Lipinski definition) is 3. The summed E-state index contributed by atoms with van der Waals surface area (Å²) in [4.78, 5) is 15.3. The number of methoxy groups -OCH3 is 1. The molecule has 2 aromatic rings. The van der Waals surface area contributed by atoms with Gasteiger partial charge in [0.1, 0.15) is 0 Å². The molecule has 4 atom stereocenters. The third-order valence-electron chi connectivity index (χ3n) is 6.04. The van der Waals surface area contributed by atoms with Crippen LogP contribution >= 0.6 is 22.6 Å². The molecule has 2 saturated heterocycles. The van der Waals surface area contributed by atoms with Crippen LogP contribution < -0.4 is 0 Å². The van der Waals surface area contributed by atoms with Crippen LogP contribution in [0.25, 0.3) is 0 Å². The number of ether oxygens (including phenoxy) is 1. The van der Waals surface area contributed by atoms with Gasteiger partial charge in [-0.15, -0.1) is 0 Å². The lowest BCUT2D eigenvalue weighted by Crippen LogP contribution is -2.50. The van der Waals surface area contributed by atoms with E-state index in [1.807, 2.05) is 0 Å². The van der Waals surface area contributed by atoms with E-state index in [1.54, 1.807) is 0 Å². The molecule has 0 spiro atoms. The van der Waals surface area contributed by atoms with E-state index in [9.17, 15) is 4.79 Å². The summed E-state index contributed by atoms with van der Waals surface area (Å²) in [6.07, 6.45) is 3.29. The molecule has 0 aliphatic carbocycles. The monoisotopic (exact) mass is 461 g/mol. The van der Waals surface area contributed by atoms with Crippen LogP contribution in [0.5, 0.6) is 0 Å². The van der Waals surface area contributed by atoms with Crippen molar-refractivity contribution in [2.45, 2.75) is 43.8 Å². The number of halogens is 1. The first-order valence-corrected chi connectivity index (χ1v) is 10.4. The van der Waals surface area contributed by atoms with E-state index >= 15 is 0 Å². The minimum atomic E-state index is -0.0810. The van der Waals surface area contributed by atoms with E-state index in [-0.39, 0.29) is 23.8 Å². The van der Waals surface area contributed by atoms with Crippen molar-refractivity contribution >= 4 is 28.6 Å². The van der Waals surface area contributed by atoms with Gasteiger partial charge in [-0.3, -0.25) is 9.69 Å². The molecule has 2 aromatic carbocycles. The Morgan fingerprint density at radius 1 is 1.12 bits per heavy atom. The van der Waals surface area contributed by atoms with E-state index in [2.05, 4.69) is 82.1 Å². The average Bonchev–Trinajstić information content (AvgIpc) is 2.93. The highest BCUT2D eigenvalue weighted by Gasteiger charge is 2.50. The number of fused-ring (bicyclic) bond motifs is 2. The Labute approximate surface area is 168 Å². The fraction of sp³-hybridized carbons (Fsp3) is 0.409. The van der Waals surface area contributed by atoms with Crippen LogP contribution in [0.2, 0.25) is 0 Å². The molecule has 0 radical (unpaired) electrons. The van der Waals surface area contributed by atoms with Crippen LogP contribution in [0.4, 0.5) is 0 Å². The maximum atomic E-state index is 12.8. The van der Waals surface area contributed by atoms with Crippen molar-refractivity contribution in [3.63, 3.8) is 0 Å². The second-order valence-corrected chi connectivity index (χ2v) is 8.64. The zero-order chi connectivity index (χ0) is 18.1. The van der Waals surface area contributed by atoms with Crippen molar-refractivity contribution in [3.05, 3.63) is 69.3 Å². The highest BCUT2D eigenvalue weighted by molar-refractivity contribution is 14.1. The van der Waals surface area contributed by atoms with Crippen LogP contribution in [0.3, 0.4) is 0 Å². The van der Waals surface area contributed by atoms with E-state index in [1.165, 1.54) is 28.2 Å². The van der Waals surface area contributed by atoms with Crippen LogP contribution in [-0.4, -0.2) is 30.1 Å². The Bertz CT molecular complexity index is 761. The Morgan fingerprint density at radius 2 is 1.85 bits per heavy atom. The highest BCUT2D eigenvalue weighted by atomic mass is 127. The zero-order valence-corrected chi connectivity index (χ0v) is 17.1. The molecule has 26 heavy (non-hydrogen) atoms. The largest absolute Gasteiger partial charge is 0.469 e. The topological polar surface area (TPSA) is 29.5 Å². The molecule has 136 valence electrons. The van der Waals surface area contributed by atoms with Crippen molar-refractivity contribution in [2.75, 3.05) is 7.11 Å². The van der Waals surface area contributed by atoms with Gasteiger partial charge in [-0.25, -0.2) is 0 Å². The van der Waals surface area contributed by atoms with Crippen molar-refractivity contribution in [1.29, 1.82) is 0 Å². The first kappa shape index (κ1) is 18.0. The lowest BCUT2D eigenvalue weighted by atomic mass is 9.76. The molecule has 2 heterocycles. The molecule has 4 heteroatoms. The van der Waals surface area contributed by atoms with E-state index in [0.717, 1.165) is 19.4 Å². The van der Waals surface area contributed by atoms with Gasteiger partial charge in [0.25, 0.3) is 0 Å². The Morgan fingerprint density at radius 3 is 2.54 bits per heavy atom. The molecule has 2 bridgehead atoms. The fourth-order valence-electron chi connectivity index (χ4n) is 4.86. The van der Waals surface area contributed by atoms with E-state index in [4.69, 9.17) is 4.74 Å². The smallest absolute Gasteiger partial charge is 0.310 e. The lowest BCUT2D eigenvalue weighted by molar-refractivity contribution is -0.150. The predicted molar refractivity (Wildman–Crippen MR) is 111 cm³/mol. The van der Waals surface area contributed by atoms with Gasteiger partial charge < -0.3 is 4.74 Å². The Hall–Kier alpha value is -1.40. The molecular formula is C22H24INO2. The minimum absolute atomic E-state index is 0.0584. The van der Waals surface area contributed by atoms with Crippen molar-refractivity contribution in [1.82, 2.24) is 4.90 Å². The molecule has 3 nitrogen and oxygen atoms in total. The molecular weight excluding hydrogens is 437 g/mol. The summed E-state index contributed by atoms with van der Waals surface area (Å²) in [5.74, 6) is 0.114. The third kappa shape index (κ3) is 3.41. The van der Waals surface area contributed by atoms with Crippen LogP contribution in [0.15, 0.2) is 54.6 Å². The number of benzene rings is 2. The maximum Gasteiger partial charge on any atom is 0.310 e. The van der Waals surface area contributed by atoms with Gasteiger partial charge in [-0.2, -0.15) is 0 Å². The quantitative estimate of drug-likeness (QED) is 0.493. The summed E-state index contributed by atoms with van der Waals surface area (Å²) in [7, 11) is 1.52. The maximum absolute atomic E-state index is 12.8. The summed E-state index contributed by atoms with van der Waals surface area (Å²) in [6.45, 7) is 0.920. The lowest BCUT2D eigenvalue weighted by Gasteiger charge is -2.43. The molecule has 0 N–H and O–H groups in total. The number of rotatable bonds is 4. The van der Waals surface area contributed by atoms with Crippen LogP contribution in [-0.2, 0) is 16.1 Å². The normalized spacial score (nSPS) is 28.1. The summed E-state index contributed by atoms with van der Waals surface area (Å²) in [6, 6.07) is 20.1. The van der Waals surface area contributed by atoms with Gasteiger partial charge in [-0.05, 0) is 65.1 Å². The number of carbonyl (C=O) groups is 1. The predicted octanol–water partition coefficient (Wildman–Crippen LogP) is 4.60. The molecule has 2 aliphatic rings. The van der Waals surface area contributed by atoms with Gasteiger partial charge in [0.2, 0.25) is 0 Å². The van der Waals surface area contributed by atoms with Crippen LogP contribution in [0, 0.1) is 9.49 Å². The number of piperidine rings is 1. The second-order valence-electron chi connectivity index (χ2n) is 7.40. The SMILES string of the molecule is COC(=O)[C@H]1[C@@H](c2ccc(I)cc2)C[C@@H]2CC[C@H]1N2Cc1ccccc1. The number of hydrogen-bond donors (Lipinski definition) is 0. The molecule has 0 unspecified atom stereocenters. The van der Waals surface area contributed by atoms with Crippen LogP contribution in [0.1, 0.15) is 36.3 Å². The summed E-state index contributed by atoms with van der Waals surface area (Å²) in [5.41, 5.74) is 2.60. The van der Waals surface area contributed by atoms with Crippen molar-refractivity contribution in [2.24, 2.45) is 5.92 Å². The molecule has 2 fully saturated rings. The number of esters is 1. The molecule has 4 rings (SSSR count). The molecule has 2 aliphatic heterocycles. The van der Waals surface area contributed by atoms with E-state index in [0.29, 0.717) is 6.04 Å². The second kappa shape index (κ2) is 7.69. The first-order chi connectivity index (χ1) is 12.7. The van der Waals surface area contributed by atoms with Crippen molar-refractivity contribution in [3.8, 4) is 0 Å². The molecule has 0 amide bonds. The van der Waals surface area contributed by atoms with Gasteiger partial charge in [0.15, 0.2) is 0 Å². The molecule has 0 aromatic heterocycles. The number of carbonyl (C=O) groups excluding carboxylic acids is 1. The van der Waals surface area contributed by atoms with Gasteiger partial charge >= 0.3 is 5.97 Å². The minimum Gasteiger partial charge on any atom is -0.469 e. The number of nitrogens with zero attached hydrogens (tertiary/aromatic N) is 1. The van der Waals surface area contributed by atoms with Gasteiger partial charge in [0, 0.05) is 28.1 Å².